The quantitative estimate of drug-likeness (QED) is 0.781. The molecule has 1 heterocycles. The number of nitrogens with zero attached hydrogens (tertiary/aromatic N) is 1. The number of likely N-dealkylation sites (tertiary alicyclic amines) is 1. The van der Waals surface area contributed by atoms with Gasteiger partial charge < -0.3 is 9.64 Å². The Labute approximate surface area is 113 Å². The second kappa shape index (κ2) is 6.36. The molecule has 0 spiro atoms. The summed E-state index contributed by atoms with van der Waals surface area (Å²) >= 11 is 0. The summed E-state index contributed by atoms with van der Waals surface area (Å²) in [6.45, 7) is 3.55. The van der Waals surface area contributed by atoms with Crippen molar-refractivity contribution in [1.82, 2.24) is 4.90 Å². The van der Waals surface area contributed by atoms with Crippen LogP contribution < -0.4 is 4.74 Å². The molecule has 102 valence electrons. The van der Waals surface area contributed by atoms with Gasteiger partial charge in [0.25, 0.3) is 5.91 Å². The highest BCUT2D eigenvalue weighted by Gasteiger charge is 2.17. The van der Waals surface area contributed by atoms with E-state index in [0.717, 1.165) is 37.8 Å². The molecule has 1 amide bonds. The molecule has 1 aliphatic rings. The molecule has 1 aromatic carbocycles. The summed E-state index contributed by atoms with van der Waals surface area (Å²) in [5, 5.41) is 0. The Morgan fingerprint density at radius 1 is 1.32 bits per heavy atom. The van der Waals surface area contributed by atoms with Gasteiger partial charge in [0.2, 0.25) is 0 Å². The number of rotatable bonds is 4. The zero-order chi connectivity index (χ0) is 13.7. The maximum Gasteiger partial charge on any atom is 0.260 e. The summed E-state index contributed by atoms with van der Waals surface area (Å²) in [4.78, 5) is 24.7. The molecule has 0 unspecified atom stereocenters. The minimum Gasteiger partial charge on any atom is -0.483 e. The Kier molecular flexibility index (Phi) is 4.55. The number of aryl methyl sites for hydroxylation is 1. The fourth-order valence-corrected chi connectivity index (χ4v) is 2.27. The first kappa shape index (κ1) is 13.6. The molecular formula is C15H19NO3. The number of aldehydes is 1. The van der Waals surface area contributed by atoms with E-state index in [1.807, 2.05) is 17.9 Å². The van der Waals surface area contributed by atoms with Crippen molar-refractivity contribution in [3.05, 3.63) is 29.3 Å². The number of hydrogen-bond donors (Lipinski definition) is 0. The van der Waals surface area contributed by atoms with Gasteiger partial charge in [0, 0.05) is 13.1 Å². The van der Waals surface area contributed by atoms with Crippen LogP contribution in [0.2, 0.25) is 0 Å². The predicted molar refractivity (Wildman–Crippen MR) is 72.5 cm³/mol. The standard InChI is InChI=1S/C15H19NO3/c1-12-5-6-14(13(9-12)10-17)19-11-15(18)16-7-3-2-4-8-16/h5-6,9-10H,2-4,7-8,11H2,1H3. The van der Waals surface area contributed by atoms with Crippen LogP contribution in [0.1, 0.15) is 35.2 Å². The van der Waals surface area contributed by atoms with Crippen LogP contribution in [-0.4, -0.2) is 36.8 Å². The van der Waals surface area contributed by atoms with Gasteiger partial charge in [-0.05, 0) is 38.3 Å². The smallest absolute Gasteiger partial charge is 0.260 e. The minimum absolute atomic E-state index is 0.00266. The first-order valence-electron chi connectivity index (χ1n) is 6.67. The lowest BCUT2D eigenvalue weighted by atomic mass is 10.1. The van der Waals surface area contributed by atoms with Crippen LogP contribution in [0.5, 0.6) is 5.75 Å². The fourth-order valence-electron chi connectivity index (χ4n) is 2.27. The normalized spacial score (nSPS) is 15.1. The molecule has 19 heavy (non-hydrogen) atoms. The van der Waals surface area contributed by atoms with Crippen LogP contribution in [0.3, 0.4) is 0 Å². The Morgan fingerprint density at radius 3 is 2.74 bits per heavy atom. The average molecular weight is 261 g/mol. The fraction of sp³-hybridized carbons (Fsp3) is 0.467. The third kappa shape index (κ3) is 3.56. The van der Waals surface area contributed by atoms with E-state index >= 15 is 0 Å². The second-order valence-electron chi connectivity index (χ2n) is 4.89. The Bertz CT molecular complexity index is 464. The third-order valence-corrected chi connectivity index (χ3v) is 3.35. The lowest BCUT2D eigenvalue weighted by molar-refractivity contribution is -0.134. The number of amides is 1. The number of piperidine rings is 1. The third-order valence-electron chi connectivity index (χ3n) is 3.35. The van der Waals surface area contributed by atoms with Crippen LogP contribution in [0, 0.1) is 6.92 Å². The van der Waals surface area contributed by atoms with E-state index < -0.39 is 0 Å². The number of carbonyl (C=O) groups is 2. The largest absolute Gasteiger partial charge is 0.483 e. The van der Waals surface area contributed by atoms with Gasteiger partial charge in [-0.25, -0.2) is 0 Å². The summed E-state index contributed by atoms with van der Waals surface area (Å²) in [5.74, 6) is 0.475. The molecule has 4 nitrogen and oxygen atoms in total. The van der Waals surface area contributed by atoms with Crippen molar-refractivity contribution in [3.8, 4) is 5.75 Å². The Balaban J connectivity index is 1.94. The van der Waals surface area contributed by atoms with E-state index in [0.29, 0.717) is 11.3 Å². The lowest BCUT2D eigenvalue weighted by Crippen LogP contribution is -2.38. The monoisotopic (exact) mass is 261 g/mol. The van der Waals surface area contributed by atoms with Crippen LogP contribution in [-0.2, 0) is 4.79 Å². The highest BCUT2D eigenvalue weighted by molar-refractivity contribution is 5.81. The maximum atomic E-state index is 12.0. The molecular weight excluding hydrogens is 242 g/mol. The first-order chi connectivity index (χ1) is 9.20. The van der Waals surface area contributed by atoms with Crippen molar-refractivity contribution < 1.29 is 14.3 Å². The molecule has 1 saturated heterocycles. The van der Waals surface area contributed by atoms with Crippen molar-refractivity contribution in [2.45, 2.75) is 26.2 Å². The van der Waals surface area contributed by atoms with E-state index in [9.17, 15) is 9.59 Å². The van der Waals surface area contributed by atoms with E-state index in [1.54, 1.807) is 12.1 Å². The molecule has 0 aliphatic carbocycles. The van der Waals surface area contributed by atoms with Gasteiger partial charge in [0.15, 0.2) is 12.9 Å². The Morgan fingerprint density at radius 2 is 2.05 bits per heavy atom. The summed E-state index contributed by atoms with van der Waals surface area (Å²) in [7, 11) is 0. The van der Waals surface area contributed by atoms with E-state index in [1.165, 1.54) is 6.42 Å². The molecule has 0 bridgehead atoms. The number of hydrogen-bond acceptors (Lipinski definition) is 3. The van der Waals surface area contributed by atoms with Gasteiger partial charge in [-0.1, -0.05) is 11.6 Å². The minimum atomic E-state index is -0.00266. The van der Waals surface area contributed by atoms with Crippen molar-refractivity contribution in [3.63, 3.8) is 0 Å². The zero-order valence-electron chi connectivity index (χ0n) is 11.2. The average Bonchev–Trinajstić information content (AvgIpc) is 2.46. The lowest BCUT2D eigenvalue weighted by Gasteiger charge is -2.26. The van der Waals surface area contributed by atoms with Gasteiger partial charge in [-0.3, -0.25) is 9.59 Å². The zero-order valence-corrected chi connectivity index (χ0v) is 11.2. The number of carbonyl (C=O) groups excluding carboxylic acids is 2. The summed E-state index contributed by atoms with van der Waals surface area (Å²) in [5.41, 5.74) is 1.49. The number of benzene rings is 1. The van der Waals surface area contributed by atoms with Crippen molar-refractivity contribution >= 4 is 12.2 Å². The molecule has 4 heteroatoms. The highest BCUT2D eigenvalue weighted by Crippen LogP contribution is 2.18. The van der Waals surface area contributed by atoms with Gasteiger partial charge in [0.1, 0.15) is 5.75 Å². The van der Waals surface area contributed by atoms with Crippen molar-refractivity contribution in [2.75, 3.05) is 19.7 Å². The molecule has 1 aromatic rings. The van der Waals surface area contributed by atoms with E-state index in [4.69, 9.17) is 4.74 Å². The van der Waals surface area contributed by atoms with E-state index in [2.05, 4.69) is 0 Å². The molecule has 0 N–H and O–H groups in total. The molecule has 1 aliphatic heterocycles. The molecule has 0 aromatic heterocycles. The van der Waals surface area contributed by atoms with Gasteiger partial charge >= 0.3 is 0 Å². The van der Waals surface area contributed by atoms with Crippen LogP contribution in [0.25, 0.3) is 0 Å². The summed E-state index contributed by atoms with van der Waals surface area (Å²) in [6.07, 6.45) is 4.08. The van der Waals surface area contributed by atoms with Crippen molar-refractivity contribution in [1.29, 1.82) is 0 Å². The SMILES string of the molecule is Cc1ccc(OCC(=O)N2CCCCC2)c(C=O)c1. The molecule has 1 fully saturated rings. The number of ether oxygens (including phenoxy) is 1. The molecule has 0 saturated carbocycles. The highest BCUT2D eigenvalue weighted by atomic mass is 16.5. The maximum absolute atomic E-state index is 12.0. The van der Waals surface area contributed by atoms with Crippen LogP contribution >= 0.6 is 0 Å². The molecule has 0 atom stereocenters. The summed E-state index contributed by atoms with van der Waals surface area (Å²) in [6, 6.07) is 5.37. The molecule has 0 radical (unpaired) electrons. The predicted octanol–water partition coefficient (Wildman–Crippen LogP) is 2.20. The first-order valence-corrected chi connectivity index (χ1v) is 6.67. The van der Waals surface area contributed by atoms with Crippen LogP contribution in [0.15, 0.2) is 18.2 Å². The topological polar surface area (TPSA) is 46.6 Å². The molecule has 2 rings (SSSR count). The van der Waals surface area contributed by atoms with Gasteiger partial charge in [-0.2, -0.15) is 0 Å². The second-order valence-corrected chi connectivity index (χ2v) is 4.89. The van der Waals surface area contributed by atoms with Crippen molar-refractivity contribution in [2.24, 2.45) is 0 Å². The van der Waals surface area contributed by atoms with Gasteiger partial charge in [0.05, 0.1) is 5.56 Å². The van der Waals surface area contributed by atoms with E-state index in [-0.39, 0.29) is 12.5 Å². The van der Waals surface area contributed by atoms with Gasteiger partial charge in [-0.15, -0.1) is 0 Å². The van der Waals surface area contributed by atoms with Crippen LogP contribution in [0.4, 0.5) is 0 Å². The summed E-state index contributed by atoms with van der Waals surface area (Å²) < 4.78 is 5.48. The Hall–Kier alpha value is -1.84.